The number of anilines is 1. The first-order chi connectivity index (χ1) is 15.4. The number of aromatic nitrogens is 2. The molecule has 9 heteroatoms. The van der Waals surface area contributed by atoms with E-state index >= 15 is 0 Å². The van der Waals surface area contributed by atoms with Crippen LogP contribution in [0.3, 0.4) is 0 Å². The van der Waals surface area contributed by atoms with Gasteiger partial charge >= 0.3 is 0 Å². The molecular weight excluding hydrogens is 440 g/mol. The molecule has 180 valence electrons. The normalized spacial score (nSPS) is 18.2. The van der Waals surface area contributed by atoms with Crippen LogP contribution in [0.2, 0.25) is 0 Å². The van der Waals surface area contributed by atoms with Gasteiger partial charge in [-0.15, -0.1) is 0 Å². The Morgan fingerprint density at radius 1 is 1.27 bits per heavy atom. The number of ether oxygens (including phenoxy) is 1. The van der Waals surface area contributed by atoms with Gasteiger partial charge in [-0.2, -0.15) is 13.4 Å². The fourth-order valence-electron chi connectivity index (χ4n) is 4.17. The molecule has 2 aromatic heterocycles. The number of sulfonamides is 1. The van der Waals surface area contributed by atoms with Crippen molar-refractivity contribution < 1.29 is 17.9 Å². The molecule has 0 aromatic carbocycles. The summed E-state index contributed by atoms with van der Waals surface area (Å²) in [7, 11) is -4.21. The van der Waals surface area contributed by atoms with Crippen LogP contribution in [0, 0.1) is 5.92 Å². The maximum atomic E-state index is 13.1. The van der Waals surface area contributed by atoms with E-state index in [2.05, 4.69) is 40.4 Å². The quantitative estimate of drug-likeness (QED) is 0.612. The summed E-state index contributed by atoms with van der Waals surface area (Å²) < 4.78 is 34.0. The van der Waals surface area contributed by atoms with E-state index in [0.717, 1.165) is 25.8 Å². The third-order valence-electron chi connectivity index (χ3n) is 6.41. The molecule has 2 aromatic rings. The van der Waals surface area contributed by atoms with E-state index in [9.17, 15) is 13.2 Å². The Morgan fingerprint density at radius 3 is 2.64 bits per heavy atom. The van der Waals surface area contributed by atoms with Crippen LogP contribution >= 0.6 is 0 Å². The van der Waals surface area contributed by atoms with Gasteiger partial charge in [0.2, 0.25) is 5.88 Å². The number of hydrogen-bond acceptors (Lipinski definition) is 7. The monoisotopic (exact) mass is 474 g/mol. The highest BCUT2D eigenvalue weighted by Gasteiger charge is 2.40. The molecule has 1 unspecified atom stereocenters. The molecule has 1 atom stereocenters. The zero-order valence-corrected chi connectivity index (χ0v) is 21.1. The summed E-state index contributed by atoms with van der Waals surface area (Å²) >= 11 is 0. The van der Waals surface area contributed by atoms with E-state index < -0.39 is 21.5 Å². The molecule has 3 rings (SSSR count). The highest BCUT2D eigenvalue weighted by Crippen LogP contribution is 2.38. The topological polar surface area (TPSA) is 101 Å². The van der Waals surface area contributed by atoms with Gasteiger partial charge in [0, 0.05) is 24.3 Å². The van der Waals surface area contributed by atoms with Crippen molar-refractivity contribution in [2.24, 2.45) is 5.92 Å². The maximum absolute atomic E-state index is 13.1. The number of hydrogen-bond donors (Lipinski definition) is 1. The molecule has 0 radical (unpaired) electrons. The molecule has 1 saturated heterocycles. The molecule has 33 heavy (non-hydrogen) atoms. The molecule has 1 fully saturated rings. The van der Waals surface area contributed by atoms with Crippen LogP contribution in [-0.2, 0) is 10.0 Å². The predicted molar refractivity (Wildman–Crippen MR) is 128 cm³/mol. The molecule has 0 bridgehead atoms. The van der Waals surface area contributed by atoms with Crippen molar-refractivity contribution in [3.05, 3.63) is 42.1 Å². The third-order valence-corrected chi connectivity index (χ3v) is 7.64. The minimum absolute atomic E-state index is 0.193. The van der Waals surface area contributed by atoms with Crippen molar-refractivity contribution in [2.45, 2.75) is 77.0 Å². The zero-order valence-electron chi connectivity index (χ0n) is 20.3. The Labute approximate surface area is 196 Å². The van der Waals surface area contributed by atoms with Gasteiger partial charge in [-0.25, -0.2) is 9.71 Å². The Kier molecular flexibility index (Phi) is 7.02. The van der Waals surface area contributed by atoms with Gasteiger partial charge in [-0.05, 0) is 64.7 Å². The molecule has 3 heterocycles. The van der Waals surface area contributed by atoms with Crippen LogP contribution in [0.15, 0.2) is 41.6 Å². The SMILES string of the molecule is CCCC(C)(C)Oc1cccc(S(=O)(=O)NC(=O)c2cccnc2N2CCC(C)C2(C)C)n1. The van der Waals surface area contributed by atoms with Gasteiger partial charge in [-0.1, -0.05) is 26.3 Å². The van der Waals surface area contributed by atoms with Gasteiger partial charge in [0.1, 0.15) is 11.4 Å². The van der Waals surface area contributed by atoms with Gasteiger partial charge in [-0.3, -0.25) is 4.79 Å². The van der Waals surface area contributed by atoms with E-state index in [1.54, 1.807) is 30.5 Å². The molecule has 1 aliphatic heterocycles. The third kappa shape index (κ3) is 5.46. The Bertz CT molecular complexity index is 1110. The average molecular weight is 475 g/mol. The highest BCUT2D eigenvalue weighted by atomic mass is 32.2. The lowest BCUT2D eigenvalue weighted by atomic mass is 9.90. The number of carbonyl (C=O) groups excluding carboxylic acids is 1. The average Bonchev–Trinajstić information content (AvgIpc) is 2.99. The Balaban J connectivity index is 1.85. The van der Waals surface area contributed by atoms with Gasteiger partial charge in [0.15, 0.2) is 5.03 Å². The first kappa shape index (κ1) is 25.0. The lowest BCUT2D eigenvalue weighted by molar-refractivity contribution is 0.0916. The van der Waals surface area contributed by atoms with E-state index in [4.69, 9.17) is 4.74 Å². The van der Waals surface area contributed by atoms with E-state index in [1.807, 2.05) is 20.8 Å². The van der Waals surface area contributed by atoms with Gasteiger partial charge in [0.05, 0.1) is 5.56 Å². The minimum Gasteiger partial charge on any atom is -0.472 e. The maximum Gasteiger partial charge on any atom is 0.281 e. The van der Waals surface area contributed by atoms with Crippen LogP contribution in [0.1, 0.15) is 71.2 Å². The van der Waals surface area contributed by atoms with E-state index in [1.165, 1.54) is 6.07 Å². The van der Waals surface area contributed by atoms with Crippen LogP contribution in [0.5, 0.6) is 5.88 Å². The molecule has 8 nitrogen and oxygen atoms in total. The lowest BCUT2D eigenvalue weighted by Crippen LogP contribution is -2.43. The smallest absolute Gasteiger partial charge is 0.281 e. The van der Waals surface area contributed by atoms with Crippen molar-refractivity contribution in [3.63, 3.8) is 0 Å². The largest absolute Gasteiger partial charge is 0.472 e. The second kappa shape index (κ2) is 9.29. The van der Waals surface area contributed by atoms with E-state index in [0.29, 0.717) is 11.7 Å². The highest BCUT2D eigenvalue weighted by molar-refractivity contribution is 7.90. The first-order valence-corrected chi connectivity index (χ1v) is 12.8. The summed E-state index contributed by atoms with van der Waals surface area (Å²) in [5.41, 5.74) is -0.488. The Hall–Kier alpha value is -2.68. The van der Waals surface area contributed by atoms with E-state index in [-0.39, 0.29) is 22.0 Å². The summed E-state index contributed by atoms with van der Waals surface area (Å²) in [6.07, 6.45) is 4.28. The minimum atomic E-state index is -4.21. The number of carbonyl (C=O) groups is 1. The van der Waals surface area contributed by atoms with Crippen LogP contribution in [-0.4, -0.2) is 42.0 Å². The van der Waals surface area contributed by atoms with Gasteiger partial charge in [0.25, 0.3) is 15.9 Å². The van der Waals surface area contributed by atoms with Crippen LogP contribution < -0.4 is 14.4 Å². The summed E-state index contributed by atoms with van der Waals surface area (Å²) in [4.78, 5) is 23.7. The lowest BCUT2D eigenvalue weighted by Gasteiger charge is -2.36. The molecule has 0 saturated carbocycles. The number of rotatable bonds is 8. The van der Waals surface area contributed by atoms with Crippen LogP contribution in [0.25, 0.3) is 0 Å². The molecular formula is C24H34N4O4S. The molecule has 0 spiro atoms. The number of nitrogens with one attached hydrogen (secondary N) is 1. The summed E-state index contributed by atoms with van der Waals surface area (Å²) in [6.45, 7) is 13.0. The number of pyridine rings is 2. The second-order valence-corrected chi connectivity index (χ2v) is 11.4. The standard InChI is InChI=1S/C24H34N4O4S/c1-7-14-23(3,4)32-19-11-8-12-20(26-19)33(30,31)27-22(29)18-10-9-15-25-21(18)28-16-13-17(2)24(28,5)6/h8-12,15,17H,7,13-14,16H2,1-6H3,(H,27,29). The number of amides is 1. The second-order valence-electron chi connectivity index (χ2n) is 9.73. The fraction of sp³-hybridized carbons (Fsp3) is 0.542. The summed E-state index contributed by atoms with van der Waals surface area (Å²) in [5, 5.41) is -0.277. The van der Waals surface area contributed by atoms with Crippen molar-refractivity contribution >= 4 is 21.7 Å². The van der Waals surface area contributed by atoms with Gasteiger partial charge < -0.3 is 9.64 Å². The molecule has 1 amide bonds. The zero-order chi connectivity index (χ0) is 24.4. The summed E-state index contributed by atoms with van der Waals surface area (Å²) in [5.74, 6) is 0.334. The summed E-state index contributed by atoms with van der Waals surface area (Å²) in [6, 6.07) is 7.71. The predicted octanol–water partition coefficient (Wildman–Crippen LogP) is 4.18. The Morgan fingerprint density at radius 2 is 2.00 bits per heavy atom. The van der Waals surface area contributed by atoms with Crippen molar-refractivity contribution in [3.8, 4) is 5.88 Å². The number of nitrogens with zero attached hydrogens (tertiary/aromatic N) is 3. The van der Waals surface area contributed by atoms with Crippen LogP contribution in [0.4, 0.5) is 5.82 Å². The fourth-order valence-corrected chi connectivity index (χ4v) is 5.09. The molecule has 1 aliphatic rings. The molecule has 1 N–H and O–H groups in total. The van der Waals surface area contributed by atoms with Crippen molar-refractivity contribution in [1.82, 2.24) is 14.7 Å². The molecule has 0 aliphatic carbocycles. The first-order valence-electron chi connectivity index (χ1n) is 11.3. The van der Waals surface area contributed by atoms with Crippen molar-refractivity contribution in [2.75, 3.05) is 11.4 Å². The van der Waals surface area contributed by atoms with Crippen molar-refractivity contribution in [1.29, 1.82) is 0 Å².